The van der Waals surface area contributed by atoms with Crippen LogP contribution in [0.2, 0.25) is 0 Å². The molecule has 0 amide bonds. The van der Waals surface area contributed by atoms with E-state index >= 15 is 0 Å². The van der Waals surface area contributed by atoms with Crippen LogP contribution in [0, 0.1) is 0 Å². The molecule has 376 valence electrons. The Balaban J connectivity index is -0.00000280. The monoisotopic (exact) mass is 945 g/mol. The summed E-state index contributed by atoms with van der Waals surface area (Å²) in [5.74, 6) is -1.90. The molecule has 0 heterocycles. The highest BCUT2D eigenvalue weighted by Gasteiger charge is 2.28. The SMILES string of the molecule is C.C.CCCCCCCCCCCC(OC(=O)CCCCCCCC=CCC(O)C(CCCCC)OC(=O)C[N+](C)(C)CCOC(C)=O)OC(=O)C[N+](C)(C)CCOC(C)=O.[Cl-].[Cl-]. The summed E-state index contributed by atoms with van der Waals surface area (Å²) in [4.78, 5) is 60.7. The van der Waals surface area contributed by atoms with Crippen molar-refractivity contribution < 1.29 is 86.5 Å². The van der Waals surface area contributed by atoms with Crippen molar-refractivity contribution >= 4 is 29.8 Å². The number of halogens is 2. The lowest BCUT2D eigenvalue weighted by atomic mass is 10.0. The van der Waals surface area contributed by atoms with E-state index in [0.29, 0.717) is 43.3 Å². The van der Waals surface area contributed by atoms with Gasteiger partial charge in [-0.2, -0.15) is 0 Å². The maximum Gasteiger partial charge on any atom is 0.364 e. The first-order valence-electron chi connectivity index (χ1n) is 22.8. The average molecular weight is 946 g/mol. The lowest BCUT2D eigenvalue weighted by Crippen LogP contribution is -3.00. The quantitative estimate of drug-likeness (QED) is 0.0242. The molecule has 13 nitrogen and oxygen atoms in total. The smallest absolute Gasteiger partial charge is 0.364 e. The molecule has 0 aromatic heterocycles. The molecule has 15 heteroatoms. The number of unbranched alkanes of at least 4 members (excludes halogenated alkanes) is 15. The van der Waals surface area contributed by atoms with Crippen molar-refractivity contribution in [1.82, 2.24) is 0 Å². The Kier molecular flexibility index (Phi) is 48.0. The number of allylic oxidation sites excluding steroid dienone is 1. The van der Waals surface area contributed by atoms with Gasteiger partial charge in [0.2, 0.25) is 6.29 Å². The van der Waals surface area contributed by atoms with Gasteiger partial charge in [-0.15, -0.1) is 0 Å². The van der Waals surface area contributed by atoms with Gasteiger partial charge in [-0.25, -0.2) is 9.59 Å². The predicted octanol–water partition coefficient (Wildman–Crippen LogP) is 3.41. The largest absolute Gasteiger partial charge is 1.00 e. The normalized spacial score (nSPS) is 12.6. The summed E-state index contributed by atoms with van der Waals surface area (Å²) in [6.45, 7) is 8.58. The molecule has 63 heavy (non-hydrogen) atoms. The Hall–Kier alpha value is -2.45. The summed E-state index contributed by atoms with van der Waals surface area (Å²) in [7, 11) is 7.48. The van der Waals surface area contributed by atoms with Crippen LogP contribution < -0.4 is 24.8 Å². The van der Waals surface area contributed by atoms with Crippen LogP contribution >= 0.6 is 0 Å². The lowest BCUT2D eigenvalue weighted by Gasteiger charge is -2.30. The Labute approximate surface area is 397 Å². The molecular formula is C48H94Cl2N2O11. The standard InChI is InChI=1S/C46H86N2O11.2CH4.2ClH/c1-9-11-13-14-15-16-21-24-28-32-46(59-45(54)38-48(7,8)34-36-56-40(4)50)58-43(52)31-27-23-20-18-17-19-22-26-29-41(51)42(30-25-12-10-2)57-44(53)37-47(5,6)33-35-55-39(3)49;;;;/h22,26,41-42,46,51H,9-21,23-25,27-38H2,1-8H3;2*1H4;2*1H/q+2;;;;/p-2. The number of hydrogen-bond acceptors (Lipinski definition) is 11. The first kappa shape index (κ1) is 69.6. The molecule has 0 aliphatic heterocycles. The number of ether oxygens (including phenoxy) is 5. The Morgan fingerprint density at radius 3 is 1.46 bits per heavy atom. The minimum atomic E-state index is -0.909. The van der Waals surface area contributed by atoms with E-state index in [2.05, 4.69) is 19.9 Å². The van der Waals surface area contributed by atoms with E-state index in [1.807, 2.05) is 34.3 Å². The fraction of sp³-hybridized carbons (Fsp3) is 0.854. The van der Waals surface area contributed by atoms with Crippen molar-refractivity contribution in [3.8, 4) is 0 Å². The summed E-state index contributed by atoms with van der Waals surface area (Å²) in [5.41, 5.74) is 0. The molecule has 0 bridgehead atoms. The number of hydrogen-bond donors (Lipinski definition) is 1. The number of likely N-dealkylation sites (N-methyl/N-ethyl adjacent to an activating group) is 2. The first-order valence-corrected chi connectivity index (χ1v) is 22.8. The highest BCUT2D eigenvalue weighted by molar-refractivity contribution is 5.72. The molecule has 0 rings (SSSR count). The van der Waals surface area contributed by atoms with Crippen LogP contribution in [-0.4, -0.2) is 130 Å². The fourth-order valence-corrected chi connectivity index (χ4v) is 6.58. The van der Waals surface area contributed by atoms with E-state index < -0.39 is 24.5 Å². The zero-order valence-electron chi connectivity index (χ0n) is 39.4. The van der Waals surface area contributed by atoms with Crippen LogP contribution in [0.25, 0.3) is 0 Å². The number of carbonyl (C=O) groups excluding carboxylic acids is 5. The van der Waals surface area contributed by atoms with Gasteiger partial charge < -0.3 is 62.6 Å². The third-order valence-corrected chi connectivity index (χ3v) is 10.3. The Morgan fingerprint density at radius 1 is 0.540 bits per heavy atom. The number of aliphatic hydroxyl groups excluding tert-OH is 1. The number of aliphatic hydroxyl groups is 1. The number of quaternary nitrogens is 2. The van der Waals surface area contributed by atoms with Gasteiger partial charge in [0.15, 0.2) is 13.1 Å². The van der Waals surface area contributed by atoms with E-state index in [-0.39, 0.29) is 101 Å². The molecule has 0 spiro atoms. The predicted molar refractivity (Wildman–Crippen MR) is 244 cm³/mol. The van der Waals surface area contributed by atoms with Crippen molar-refractivity contribution in [1.29, 1.82) is 0 Å². The molecule has 3 unspecified atom stereocenters. The summed E-state index contributed by atoms with van der Waals surface area (Å²) >= 11 is 0. The summed E-state index contributed by atoms with van der Waals surface area (Å²) in [6, 6.07) is 0. The number of nitrogens with zero attached hydrogens (tertiary/aromatic N) is 2. The molecule has 1 N–H and O–H groups in total. The minimum Gasteiger partial charge on any atom is -1.00 e. The summed E-state index contributed by atoms with van der Waals surface area (Å²) < 4.78 is 27.8. The van der Waals surface area contributed by atoms with Gasteiger partial charge in [-0.05, 0) is 44.9 Å². The van der Waals surface area contributed by atoms with Gasteiger partial charge in [-0.3, -0.25) is 14.4 Å². The fourth-order valence-electron chi connectivity index (χ4n) is 6.58. The van der Waals surface area contributed by atoms with Crippen LogP contribution in [0.1, 0.15) is 184 Å². The molecule has 0 radical (unpaired) electrons. The van der Waals surface area contributed by atoms with E-state index in [0.717, 1.165) is 70.6 Å². The zero-order valence-corrected chi connectivity index (χ0v) is 40.9. The number of rotatable bonds is 38. The van der Waals surface area contributed by atoms with Crippen molar-refractivity contribution in [2.45, 2.75) is 202 Å². The highest BCUT2D eigenvalue weighted by atomic mass is 35.5. The van der Waals surface area contributed by atoms with Crippen LogP contribution in [0.5, 0.6) is 0 Å². The van der Waals surface area contributed by atoms with E-state index in [9.17, 15) is 29.1 Å². The van der Waals surface area contributed by atoms with E-state index in [1.54, 1.807) is 0 Å². The van der Waals surface area contributed by atoms with Gasteiger partial charge >= 0.3 is 29.8 Å². The summed E-state index contributed by atoms with van der Waals surface area (Å²) in [5, 5.41) is 10.9. The number of esters is 5. The van der Waals surface area contributed by atoms with Crippen molar-refractivity contribution in [3.63, 3.8) is 0 Å². The van der Waals surface area contributed by atoms with Crippen LogP contribution in [0.3, 0.4) is 0 Å². The topological polar surface area (TPSA) is 152 Å². The average Bonchev–Trinajstić information content (AvgIpc) is 3.13. The third-order valence-electron chi connectivity index (χ3n) is 10.3. The second-order valence-electron chi connectivity index (χ2n) is 17.4. The van der Waals surface area contributed by atoms with Gasteiger partial charge in [0, 0.05) is 26.7 Å². The van der Waals surface area contributed by atoms with Crippen LogP contribution in [0.4, 0.5) is 0 Å². The molecule has 3 atom stereocenters. The zero-order chi connectivity index (χ0) is 44.4. The van der Waals surface area contributed by atoms with Gasteiger partial charge in [0.25, 0.3) is 0 Å². The van der Waals surface area contributed by atoms with E-state index in [1.165, 1.54) is 52.4 Å². The van der Waals surface area contributed by atoms with Crippen molar-refractivity contribution in [2.24, 2.45) is 0 Å². The van der Waals surface area contributed by atoms with Crippen LogP contribution in [-0.2, 0) is 47.7 Å². The highest BCUT2D eigenvalue weighted by Crippen LogP contribution is 2.18. The molecule has 0 aliphatic rings. The summed E-state index contributed by atoms with van der Waals surface area (Å²) in [6.07, 6.45) is 22.2. The molecule has 0 aliphatic carbocycles. The van der Waals surface area contributed by atoms with Crippen molar-refractivity contribution in [2.75, 3.05) is 67.6 Å². The molecule has 0 saturated heterocycles. The van der Waals surface area contributed by atoms with Crippen molar-refractivity contribution in [3.05, 3.63) is 12.2 Å². The maximum atomic E-state index is 12.9. The molecule has 0 aromatic rings. The minimum absolute atomic E-state index is 0. The second kappa shape index (κ2) is 43.4. The molecule has 0 fully saturated rings. The third kappa shape index (κ3) is 44.5. The Morgan fingerprint density at radius 2 is 0.952 bits per heavy atom. The van der Waals surface area contributed by atoms with Gasteiger partial charge in [0.1, 0.15) is 32.4 Å². The molecule has 0 aromatic carbocycles. The van der Waals surface area contributed by atoms with E-state index in [4.69, 9.17) is 23.7 Å². The van der Waals surface area contributed by atoms with Gasteiger partial charge in [-0.1, -0.05) is 124 Å². The molecular weight excluding hydrogens is 851 g/mol. The number of carbonyl (C=O) groups is 5. The second-order valence-corrected chi connectivity index (χ2v) is 17.4. The molecule has 0 saturated carbocycles. The lowest BCUT2D eigenvalue weighted by molar-refractivity contribution is -0.883. The van der Waals surface area contributed by atoms with Gasteiger partial charge in [0.05, 0.1) is 34.3 Å². The van der Waals surface area contributed by atoms with Crippen LogP contribution in [0.15, 0.2) is 12.2 Å². The Bertz CT molecular complexity index is 1190. The first-order chi connectivity index (χ1) is 28.0. The maximum absolute atomic E-state index is 12.9.